The SMILES string of the molecule is COc1ccc(/C=C/C(=O)NC(C)C(=O)OCC(=O)NCCC2=CCCCC2)cc1. The highest BCUT2D eigenvalue weighted by molar-refractivity contribution is 5.94. The van der Waals surface area contributed by atoms with E-state index < -0.39 is 17.9 Å². The molecule has 1 atom stereocenters. The first kappa shape index (κ1) is 23.2. The number of ether oxygens (including phenoxy) is 2. The van der Waals surface area contributed by atoms with Gasteiger partial charge in [-0.2, -0.15) is 0 Å². The summed E-state index contributed by atoms with van der Waals surface area (Å²) in [5, 5.41) is 5.27. The minimum atomic E-state index is -0.863. The van der Waals surface area contributed by atoms with Crippen molar-refractivity contribution in [1.29, 1.82) is 0 Å². The Bertz CT molecular complexity index is 783. The quantitative estimate of drug-likeness (QED) is 0.349. The fourth-order valence-electron chi connectivity index (χ4n) is 3.01. The molecule has 0 saturated carbocycles. The van der Waals surface area contributed by atoms with Gasteiger partial charge >= 0.3 is 5.97 Å². The summed E-state index contributed by atoms with van der Waals surface area (Å²) in [6.45, 7) is 1.68. The molecule has 2 amide bonds. The molecule has 0 bridgehead atoms. The van der Waals surface area contributed by atoms with Crippen molar-refractivity contribution in [2.45, 2.75) is 45.1 Å². The van der Waals surface area contributed by atoms with Crippen molar-refractivity contribution in [3.8, 4) is 5.75 Å². The molecule has 0 fully saturated rings. The lowest BCUT2D eigenvalue weighted by Gasteiger charge is -2.14. The Morgan fingerprint density at radius 3 is 2.60 bits per heavy atom. The summed E-state index contributed by atoms with van der Waals surface area (Å²) < 4.78 is 10.1. The van der Waals surface area contributed by atoms with E-state index in [1.807, 2.05) is 12.1 Å². The normalized spacial score (nSPS) is 14.5. The zero-order chi connectivity index (χ0) is 21.8. The molecular formula is C23H30N2O5. The molecule has 162 valence electrons. The Morgan fingerprint density at radius 2 is 1.93 bits per heavy atom. The van der Waals surface area contributed by atoms with Gasteiger partial charge in [0.25, 0.3) is 5.91 Å². The van der Waals surface area contributed by atoms with Crippen molar-refractivity contribution >= 4 is 23.9 Å². The van der Waals surface area contributed by atoms with E-state index in [1.165, 1.54) is 31.4 Å². The van der Waals surface area contributed by atoms with Crippen LogP contribution in [0.15, 0.2) is 42.0 Å². The first-order chi connectivity index (χ1) is 14.5. The third-order valence-electron chi connectivity index (χ3n) is 4.75. The molecule has 7 nitrogen and oxygen atoms in total. The second-order valence-corrected chi connectivity index (χ2v) is 7.15. The molecule has 2 rings (SSSR count). The Morgan fingerprint density at radius 1 is 1.17 bits per heavy atom. The molecule has 7 heteroatoms. The van der Waals surface area contributed by atoms with Gasteiger partial charge in [-0.25, -0.2) is 4.79 Å². The van der Waals surface area contributed by atoms with Crippen molar-refractivity contribution in [2.75, 3.05) is 20.3 Å². The summed E-state index contributed by atoms with van der Waals surface area (Å²) in [6, 6.07) is 6.33. The zero-order valence-corrected chi connectivity index (χ0v) is 17.6. The van der Waals surface area contributed by atoms with Crippen LogP contribution in [-0.4, -0.2) is 44.1 Å². The van der Waals surface area contributed by atoms with Crippen molar-refractivity contribution in [1.82, 2.24) is 10.6 Å². The molecule has 1 aromatic carbocycles. The summed E-state index contributed by atoms with van der Waals surface area (Å²) in [4.78, 5) is 35.8. The highest BCUT2D eigenvalue weighted by atomic mass is 16.5. The van der Waals surface area contributed by atoms with Gasteiger partial charge in [0.05, 0.1) is 7.11 Å². The Balaban J connectivity index is 1.65. The topological polar surface area (TPSA) is 93.7 Å². The zero-order valence-electron chi connectivity index (χ0n) is 17.6. The van der Waals surface area contributed by atoms with Crippen LogP contribution in [0, 0.1) is 0 Å². The van der Waals surface area contributed by atoms with Crippen LogP contribution in [0.5, 0.6) is 5.75 Å². The van der Waals surface area contributed by atoms with Gasteiger partial charge in [-0.15, -0.1) is 0 Å². The van der Waals surface area contributed by atoms with Crippen LogP contribution in [0.1, 0.15) is 44.6 Å². The Kier molecular flexibility index (Phi) is 9.64. The average molecular weight is 415 g/mol. The molecule has 30 heavy (non-hydrogen) atoms. The van der Waals surface area contributed by atoms with E-state index in [4.69, 9.17) is 9.47 Å². The molecule has 0 heterocycles. The summed E-state index contributed by atoms with van der Waals surface area (Å²) in [5.74, 6) is -0.715. The highest BCUT2D eigenvalue weighted by Gasteiger charge is 2.17. The van der Waals surface area contributed by atoms with E-state index in [0.29, 0.717) is 6.54 Å². The number of allylic oxidation sites excluding steroid dienone is 1. The summed E-state index contributed by atoms with van der Waals surface area (Å²) in [6.07, 6.45) is 10.7. The number of rotatable bonds is 10. The average Bonchev–Trinajstić information content (AvgIpc) is 2.77. The molecule has 0 saturated heterocycles. The minimum absolute atomic E-state index is 0.349. The lowest BCUT2D eigenvalue weighted by molar-refractivity contribution is -0.150. The second-order valence-electron chi connectivity index (χ2n) is 7.15. The summed E-state index contributed by atoms with van der Waals surface area (Å²) in [5.41, 5.74) is 2.19. The fraction of sp³-hybridized carbons (Fsp3) is 0.435. The summed E-state index contributed by atoms with van der Waals surface area (Å²) in [7, 11) is 1.58. The molecule has 1 aliphatic carbocycles. The van der Waals surface area contributed by atoms with Crippen LogP contribution >= 0.6 is 0 Å². The van der Waals surface area contributed by atoms with Gasteiger partial charge in [0, 0.05) is 12.6 Å². The summed E-state index contributed by atoms with van der Waals surface area (Å²) >= 11 is 0. The maximum Gasteiger partial charge on any atom is 0.328 e. The van der Waals surface area contributed by atoms with E-state index >= 15 is 0 Å². The lowest BCUT2D eigenvalue weighted by Crippen LogP contribution is -2.40. The van der Waals surface area contributed by atoms with Crippen molar-refractivity contribution in [3.63, 3.8) is 0 Å². The van der Waals surface area contributed by atoms with Gasteiger partial charge in [0.1, 0.15) is 11.8 Å². The van der Waals surface area contributed by atoms with Gasteiger partial charge in [0.15, 0.2) is 6.61 Å². The van der Waals surface area contributed by atoms with Crippen molar-refractivity contribution in [2.24, 2.45) is 0 Å². The number of amides is 2. The molecule has 0 aromatic heterocycles. The maximum absolute atomic E-state index is 12.0. The number of carbonyl (C=O) groups is 3. The maximum atomic E-state index is 12.0. The second kappa shape index (κ2) is 12.5. The third kappa shape index (κ3) is 8.51. The molecule has 1 aromatic rings. The first-order valence-corrected chi connectivity index (χ1v) is 10.2. The number of methoxy groups -OCH3 is 1. The predicted octanol–water partition coefficient (Wildman–Crippen LogP) is 2.76. The fourth-order valence-corrected chi connectivity index (χ4v) is 3.01. The molecule has 1 unspecified atom stereocenters. The van der Waals surface area contributed by atoms with Gasteiger partial charge in [-0.3, -0.25) is 9.59 Å². The van der Waals surface area contributed by atoms with Gasteiger partial charge in [0.2, 0.25) is 5.91 Å². The van der Waals surface area contributed by atoms with E-state index in [2.05, 4.69) is 16.7 Å². The van der Waals surface area contributed by atoms with Crippen molar-refractivity contribution < 1.29 is 23.9 Å². The van der Waals surface area contributed by atoms with Crippen LogP contribution in [0.3, 0.4) is 0 Å². The molecule has 0 spiro atoms. The van der Waals surface area contributed by atoms with Gasteiger partial charge in [-0.1, -0.05) is 23.8 Å². The Hall–Kier alpha value is -3.09. The predicted molar refractivity (Wildman–Crippen MR) is 115 cm³/mol. The number of hydrogen-bond donors (Lipinski definition) is 2. The standard InChI is InChI=1S/C23H30N2O5/c1-17(25-21(26)13-10-19-8-11-20(29-2)12-9-19)23(28)30-16-22(27)24-15-14-18-6-4-3-5-7-18/h6,8-13,17H,3-5,7,14-16H2,1-2H3,(H,24,27)(H,25,26)/b13-10+. The number of nitrogens with one attached hydrogen (secondary N) is 2. The number of esters is 1. The van der Waals surface area contributed by atoms with Gasteiger partial charge in [-0.05, 0) is 62.8 Å². The minimum Gasteiger partial charge on any atom is -0.497 e. The lowest BCUT2D eigenvalue weighted by atomic mass is 9.97. The van der Waals surface area contributed by atoms with Crippen LogP contribution in [0.2, 0.25) is 0 Å². The highest BCUT2D eigenvalue weighted by Crippen LogP contribution is 2.19. The first-order valence-electron chi connectivity index (χ1n) is 10.2. The van der Waals surface area contributed by atoms with Crippen LogP contribution in [-0.2, 0) is 19.1 Å². The van der Waals surface area contributed by atoms with Crippen LogP contribution in [0.4, 0.5) is 0 Å². The molecular weight excluding hydrogens is 384 g/mol. The van der Waals surface area contributed by atoms with E-state index in [9.17, 15) is 14.4 Å². The van der Waals surface area contributed by atoms with Crippen molar-refractivity contribution in [3.05, 3.63) is 47.6 Å². The Labute approximate surface area is 177 Å². The third-order valence-corrected chi connectivity index (χ3v) is 4.75. The van der Waals surface area contributed by atoms with Gasteiger partial charge < -0.3 is 20.1 Å². The molecule has 0 radical (unpaired) electrons. The smallest absolute Gasteiger partial charge is 0.328 e. The van der Waals surface area contributed by atoms with E-state index in [1.54, 1.807) is 25.3 Å². The number of hydrogen-bond acceptors (Lipinski definition) is 5. The monoisotopic (exact) mass is 414 g/mol. The van der Waals surface area contributed by atoms with E-state index in [0.717, 1.165) is 30.6 Å². The molecule has 2 N–H and O–H groups in total. The molecule has 0 aliphatic heterocycles. The number of benzene rings is 1. The van der Waals surface area contributed by atoms with Crippen LogP contribution < -0.4 is 15.4 Å². The van der Waals surface area contributed by atoms with Crippen LogP contribution in [0.25, 0.3) is 6.08 Å². The number of carbonyl (C=O) groups excluding carboxylic acids is 3. The largest absolute Gasteiger partial charge is 0.497 e. The molecule has 1 aliphatic rings. The van der Waals surface area contributed by atoms with E-state index in [-0.39, 0.29) is 12.5 Å².